The van der Waals surface area contributed by atoms with Gasteiger partial charge in [-0.25, -0.2) is 4.98 Å². The second-order valence-corrected chi connectivity index (χ2v) is 7.96. The molecule has 0 aromatic carbocycles. The number of piperidine rings is 1. The maximum atomic E-state index is 5.73. The lowest BCUT2D eigenvalue weighted by Gasteiger charge is -2.32. The molecule has 1 fully saturated rings. The second kappa shape index (κ2) is 14.0. The molecular formula is C22H40IN5O. The Labute approximate surface area is 194 Å². The lowest BCUT2D eigenvalue weighted by atomic mass is 9.97. The summed E-state index contributed by atoms with van der Waals surface area (Å²) in [7, 11) is 4.01. The minimum Gasteiger partial charge on any atom is -0.444 e. The predicted molar refractivity (Wildman–Crippen MR) is 132 cm³/mol. The summed E-state index contributed by atoms with van der Waals surface area (Å²) in [5.74, 6) is 3.49. The van der Waals surface area contributed by atoms with Gasteiger partial charge in [0, 0.05) is 27.2 Å². The van der Waals surface area contributed by atoms with Gasteiger partial charge in [-0.05, 0) is 65.0 Å². The van der Waals surface area contributed by atoms with Crippen molar-refractivity contribution in [2.45, 2.75) is 58.9 Å². The number of nitrogens with zero attached hydrogens (tertiary/aromatic N) is 4. The molecule has 0 radical (unpaired) electrons. The zero-order valence-electron chi connectivity index (χ0n) is 18.7. The topological polar surface area (TPSA) is 56.9 Å². The van der Waals surface area contributed by atoms with Crippen molar-refractivity contribution in [1.29, 1.82) is 0 Å². The number of aliphatic imine (C=N–C) groups is 1. The molecule has 0 amide bonds. The van der Waals surface area contributed by atoms with Gasteiger partial charge in [-0.2, -0.15) is 0 Å². The van der Waals surface area contributed by atoms with Crippen LogP contribution in [-0.4, -0.2) is 61.0 Å². The average Bonchev–Trinajstić information content (AvgIpc) is 3.00. The summed E-state index contributed by atoms with van der Waals surface area (Å²) in [6.45, 7) is 12.8. The number of oxazole rings is 1. The van der Waals surface area contributed by atoms with E-state index in [9.17, 15) is 0 Å². The van der Waals surface area contributed by atoms with E-state index in [0.717, 1.165) is 62.4 Å². The van der Waals surface area contributed by atoms with Gasteiger partial charge in [0.25, 0.3) is 0 Å². The Morgan fingerprint density at radius 1 is 1.31 bits per heavy atom. The van der Waals surface area contributed by atoms with Crippen LogP contribution in [0.1, 0.15) is 55.9 Å². The first-order valence-corrected chi connectivity index (χ1v) is 10.7. The smallest absolute Gasteiger partial charge is 0.208 e. The van der Waals surface area contributed by atoms with Crippen molar-refractivity contribution in [3.8, 4) is 0 Å². The molecule has 1 aliphatic heterocycles. The number of aryl methyl sites for hydroxylation is 2. The summed E-state index contributed by atoms with van der Waals surface area (Å²) in [5.41, 5.74) is 1.00. The zero-order chi connectivity index (χ0) is 20.4. The first-order chi connectivity index (χ1) is 13.5. The zero-order valence-corrected chi connectivity index (χ0v) is 21.1. The third kappa shape index (κ3) is 9.07. The van der Waals surface area contributed by atoms with E-state index in [4.69, 9.17) is 4.42 Å². The van der Waals surface area contributed by atoms with Crippen LogP contribution in [0.5, 0.6) is 0 Å². The van der Waals surface area contributed by atoms with E-state index < -0.39 is 0 Å². The molecule has 7 heteroatoms. The fraction of sp³-hybridized carbons (Fsp3) is 0.727. The number of likely N-dealkylation sites (tertiary alicyclic amines) is 1. The van der Waals surface area contributed by atoms with E-state index >= 15 is 0 Å². The molecule has 0 saturated carbocycles. The third-order valence-corrected chi connectivity index (χ3v) is 5.66. The molecule has 1 N–H and O–H groups in total. The standard InChI is InChI=1S/C22H39N5O.HI/c1-6-7-8-9-10-13-26(5)22(23-4)24-16-20-11-14-27(15-12-20)17-21-25-18(2)19(3)28-21;/h6,20H,1,7-17H2,2-5H3,(H,23,24);1H. The number of halogens is 1. The normalized spacial score (nSPS) is 15.8. The van der Waals surface area contributed by atoms with Gasteiger partial charge in [0.05, 0.1) is 12.2 Å². The SMILES string of the molecule is C=CCCCCCN(C)C(=NC)NCC1CCN(Cc2nc(C)c(C)o2)CC1.I. The molecule has 1 aromatic rings. The van der Waals surface area contributed by atoms with Crippen LogP contribution in [0, 0.1) is 19.8 Å². The van der Waals surface area contributed by atoms with Gasteiger partial charge in [0.1, 0.15) is 5.76 Å². The molecule has 1 saturated heterocycles. The number of hydrogen-bond acceptors (Lipinski definition) is 4. The van der Waals surface area contributed by atoms with Crippen LogP contribution in [0.15, 0.2) is 22.1 Å². The van der Waals surface area contributed by atoms with Gasteiger partial charge in [0.15, 0.2) is 5.96 Å². The van der Waals surface area contributed by atoms with Gasteiger partial charge in [-0.3, -0.25) is 9.89 Å². The quantitative estimate of drug-likeness (QED) is 0.164. The van der Waals surface area contributed by atoms with Crippen molar-refractivity contribution in [3.05, 3.63) is 30.0 Å². The Kier molecular flexibility index (Phi) is 12.5. The average molecular weight is 518 g/mol. The Morgan fingerprint density at radius 2 is 2.03 bits per heavy atom. The summed E-state index contributed by atoms with van der Waals surface area (Å²) in [5, 5.41) is 3.58. The molecule has 1 aliphatic rings. The van der Waals surface area contributed by atoms with Crippen LogP contribution in [0.2, 0.25) is 0 Å². The van der Waals surface area contributed by atoms with Crippen LogP contribution in [0.3, 0.4) is 0 Å². The Morgan fingerprint density at radius 3 is 2.62 bits per heavy atom. The van der Waals surface area contributed by atoms with Gasteiger partial charge in [-0.1, -0.05) is 12.5 Å². The molecule has 1 aromatic heterocycles. The Balaban J connectivity index is 0.00000420. The monoisotopic (exact) mass is 517 g/mol. The Hall–Kier alpha value is -1.09. The summed E-state index contributed by atoms with van der Waals surface area (Å²) >= 11 is 0. The van der Waals surface area contributed by atoms with E-state index in [0.29, 0.717) is 5.92 Å². The van der Waals surface area contributed by atoms with Crippen molar-refractivity contribution in [3.63, 3.8) is 0 Å². The number of hydrogen-bond donors (Lipinski definition) is 1. The summed E-state index contributed by atoms with van der Waals surface area (Å²) < 4.78 is 5.73. The largest absolute Gasteiger partial charge is 0.444 e. The van der Waals surface area contributed by atoms with Crippen LogP contribution in [-0.2, 0) is 6.54 Å². The highest BCUT2D eigenvalue weighted by atomic mass is 127. The summed E-state index contributed by atoms with van der Waals surface area (Å²) in [6, 6.07) is 0. The highest BCUT2D eigenvalue weighted by molar-refractivity contribution is 14.0. The van der Waals surface area contributed by atoms with Crippen LogP contribution < -0.4 is 5.32 Å². The van der Waals surface area contributed by atoms with Gasteiger partial charge < -0.3 is 14.6 Å². The number of unbranched alkanes of at least 4 members (excludes halogenated alkanes) is 3. The molecule has 0 unspecified atom stereocenters. The number of nitrogens with one attached hydrogen (secondary N) is 1. The first kappa shape index (κ1) is 25.9. The third-order valence-electron chi connectivity index (χ3n) is 5.66. The minimum atomic E-state index is 0. The molecule has 6 nitrogen and oxygen atoms in total. The number of rotatable bonds is 10. The lowest BCUT2D eigenvalue weighted by Crippen LogP contribution is -2.43. The van der Waals surface area contributed by atoms with Gasteiger partial charge in [-0.15, -0.1) is 30.6 Å². The van der Waals surface area contributed by atoms with Crippen LogP contribution in [0.4, 0.5) is 0 Å². The van der Waals surface area contributed by atoms with Crippen molar-refractivity contribution in [2.75, 3.05) is 40.3 Å². The van der Waals surface area contributed by atoms with Crippen LogP contribution >= 0.6 is 24.0 Å². The molecule has 0 aliphatic carbocycles. The molecule has 29 heavy (non-hydrogen) atoms. The molecule has 0 bridgehead atoms. The van der Waals surface area contributed by atoms with E-state index in [2.05, 4.69) is 38.7 Å². The number of aromatic nitrogens is 1. The fourth-order valence-electron chi connectivity index (χ4n) is 3.69. The molecular weight excluding hydrogens is 477 g/mol. The van der Waals surface area contributed by atoms with E-state index in [1.54, 1.807) is 0 Å². The maximum absolute atomic E-state index is 5.73. The predicted octanol–water partition coefficient (Wildman–Crippen LogP) is 4.38. The molecule has 2 rings (SSSR count). The molecule has 2 heterocycles. The van der Waals surface area contributed by atoms with E-state index in [1.807, 2.05) is 27.0 Å². The highest BCUT2D eigenvalue weighted by Gasteiger charge is 2.21. The van der Waals surface area contributed by atoms with Crippen LogP contribution in [0.25, 0.3) is 0 Å². The number of allylic oxidation sites excluding steroid dienone is 1. The van der Waals surface area contributed by atoms with Crippen molar-refractivity contribution < 1.29 is 4.42 Å². The number of guanidine groups is 1. The summed E-state index contributed by atoms with van der Waals surface area (Å²) in [6.07, 6.45) is 9.20. The molecule has 166 valence electrons. The van der Waals surface area contributed by atoms with Gasteiger partial charge in [0.2, 0.25) is 5.89 Å². The highest BCUT2D eigenvalue weighted by Crippen LogP contribution is 2.19. The molecule has 0 spiro atoms. The Bertz CT molecular complexity index is 603. The van der Waals surface area contributed by atoms with Gasteiger partial charge >= 0.3 is 0 Å². The van der Waals surface area contributed by atoms with E-state index in [1.165, 1.54) is 32.1 Å². The van der Waals surface area contributed by atoms with E-state index in [-0.39, 0.29) is 24.0 Å². The van der Waals surface area contributed by atoms with Crippen molar-refractivity contribution in [2.24, 2.45) is 10.9 Å². The minimum absolute atomic E-state index is 0. The second-order valence-electron chi connectivity index (χ2n) is 7.96. The van der Waals surface area contributed by atoms with Crippen molar-refractivity contribution >= 4 is 29.9 Å². The fourth-order valence-corrected chi connectivity index (χ4v) is 3.69. The summed E-state index contributed by atoms with van der Waals surface area (Å²) in [4.78, 5) is 13.7. The maximum Gasteiger partial charge on any atom is 0.208 e. The van der Waals surface area contributed by atoms with Crippen molar-refractivity contribution in [1.82, 2.24) is 20.1 Å². The molecule has 0 atom stereocenters. The first-order valence-electron chi connectivity index (χ1n) is 10.7. The lowest BCUT2D eigenvalue weighted by molar-refractivity contribution is 0.163.